The number of rotatable bonds is 6. The lowest BCUT2D eigenvalue weighted by Crippen LogP contribution is -2.40. The van der Waals surface area contributed by atoms with Gasteiger partial charge >= 0.3 is 0 Å². The van der Waals surface area contributed by atoms with Gasteiger partial charge in [-0.05, 0) is 50.2 Å². The van der Waals surface area contributed by atoms with Crippen molar-refractivity contribution in [3.63, 3.8) is 0 Å². The van der Waals surface area contributed by atoms with Crippen molar-refractivity contribution in [3.8, 4) is 5.75 Å². The highest BCUT2D eigenvalue weighted by Crippen LogP contribution is 2.28. The highest BCUT2D eigenvalue weighted by molar-refractivity contribution is 6.35. The molecule has 1 atom stereocenters. The van der Waals surface area contributed by atoms with Crippen LogP contribution in [0.5, 0.6) is 5.75 Å². The van der Waals surface area contributed by atoms with Gasteiger partial charge in [-0.25, -0.2) is 4.98 Å². The Labute approximate surface area is 182 Å². The Hall–Kier alpha value is -2.28. The quantitative estimate of drug-likeness (QED) is 0.586. The number of nitrogens with one attached hydrogen (secondary N) is 1. The molecule has 152 valence electrons. The molecule has 0 spiro atoms. The predicted octanol–water partition coefficient (Wildman–Crippen LogP) is 4.70. The summed E-state index contributed by atoms with van der Waals surface area (Å²) in [6, 6.07) is 9.64. The molecule has 0 radical (unpaired) electrons. The number of carbonyl (C=O) groups excluding carboxylic acids is 1. The number of aromatic amines is 1. The van der Waals surface area contributed by atoms with Crippen LogP contribution in [0, 0.1) is 0 Å². The maximum Gasteiger partial charge on any atom is 0.263 e. The maximum absolute atomic E-state index is 12.9. The van der Waals surface area contributed by atoms with Crippen LogP contribution in [0.1, 0.15) is 19.7 Å². The number of ether oxygens (including phenoxy) is 1. The van der Waals surface area contributed by atoms with Gasteiger partial charge in [-0.2, -0.15) is 0 Å². The van der Waals surface area contributed by atoms with E-state index in [2.05, 4.69) is 9.97 Å². The molecule has 0 fully saturated rings. The Bertz CT molecular complexity index is 1120. The van der Waals surface area contributed by atoms with E-state index >= 15 is 0 Å². The average Bonchev–Trinajstić information content (AvgIpc) is 2.67. The fraction of sp³-hybridized carbons (Fsp3) is 0.250. The van der Waals surface area contributed by atoms with Crippen LogP contribution in [-0.2, 0) is 11.3 Å². The highest BCUT2D eigenvalue weighted by atomic mass is 35.5. The number of H-pyrrole nitrogens is 1. The summed E-state index contributed by atoms with van der Waals surface area (Å²) in [5, 5.41) is 1.70. The number of aromatic nitrogens is 2. The fourth-order valence-electron chi connectivity index (χ4n) is 2.83. The molecule has 1 aromatic heterocycles. The number of hydrogen-bond acceptors (Lipinski definition) is 4. The van der Waals surface area contributed by atoms with Crippen LogP contribution < -0.4 is 10.3 Å². The van der Waals surface area contributed by atoms with E-state index in [1.807, 2.05) is 6.92 Å². The third kappa shape index (κ3) is 5.01. The summed E-state index contributed by atoms with van der Waals surface area (Å²) in [6.45, 7) is 3.98. The molecular weight excluding hydrogens is 437 g/mol. The lowest BCUT2D eigenvalue weighted by Gasteiger charge is -2.24. The zero-order valence-electron chi connectivity index (χ0n) is 15.7. The topological polar surface area (TPSA) is 75.3 Å². The van der Waals surface area contributed by atoms with Crippen LogP contribution in [0.25, 0.3) is 10.9 Å². The number of likely N-dealkylation sites (N-methyl/N-ethyl adjacent to an activating group) is 1. The van der Waals surface area contributed by atoms with Crippen molar-refractivity contribution in [3.05, 3.63) is 67.6 Å². The summed E-state index contributed by atoms with van der Waals surface area (Å²) in [5.41, 5.74) is 0.180. The SMILES string of the molecule is CCN(Cc1nc2cc(Cl)ccc2c(=O)[nH]1)C(=O)[C@H](C)Oc1ccc(Cl)cc1Cl. The molecule has 3 aromatic rings. The zero-order chi connectivity index (χ0) is 21.1. The van der Waals surface area contributed by atoms with E-state index in [1.54, 1.807) is 43.3 Å². The molecule has 9 heteroatoms. The maximum atomic E-state index is 12.9. The van der Waals surface area contributed by atoms with Crippen molar-refractivity contribution >= 4 is 51.6 Å². The first-order valence-corrected chi connectivity index (χ1v) is 10.0. The highest BCUT2D eigenvalue weighted by Gasteiger charge is 2.23. The van der Waals surface area contributed by atoms with E-state index in [0.29, 0.717) is 44.1 Å². The summed E-state index contributed by atoms with van der Waals surface area (Å²) in [6.07, 6.45) is -0.796. The predicted molar refractivity (Wildman–Crippen MR) is 115 cm³/mol. The van der Waals surface area contributed by atoms with Gasteiger partial charge in [0.1, 0.15) is 11.6 Å². The third-order valence-electron chi connectivity index (χ3n) is 4.30. The number of hydrogen-bond donors (Lipinski definition) is 1. The van der Waals surface area contributed by atoms with Crippen LogP contribution in [0.4, 0.5) is 0 Å². The van der Waals surface area contributed by atoms with Crippen LogP contribution >= 0.6 is 34.8 Å². The van der Waals surface area contributed by atoms with Crippen LogP contribution in [0.3, 0.4) is 0 Å². The fourth-order valence-corrected chi connectivity index (χ4v) is 3.45. The van der Waals surface area contributed by atoms with Crippen molar-refractivity contribution in [2.45, 2.75) is 26.5 Å². The smallest absolute Gasteiger partial charge is 0.263 e. The van der Waals surface area contributed by atoms with Crippen LogP contribution in [0.15, 0.2) is 41.2 Å². The molecular formula is C20H18Cl3N3O3. The van der Waals surface area contributed by atoms with Gasteiger partial charge in [0.25, 0.3) is 11.5 Å². The van der Waals surface area contributed by atoms with E-state index in [4.69, 9.17) is 39.5 Å². The standard InChI is InChI=1S/C20H18Cl3N3O3/c1-3-26(20(28)11(2)29-17-7-5-12(21)8-15(17)23)10-18-24-16-9-13(22)4-6-14(16)19(27)25-18/h4-9,11H,3,10H2,1-2H3,(H,24,25,27)/t11-/m0/s1. The minimum Gasteiger partial charge on any atom is -0.479 e. The van der Waals surface area contributed by atoms with Crippen LogP contribution in [-0.4, -0.2) is 33.4 Å². The van der Waals surface area contributed by atoms with Gasteiger partial charge in [0.2, 0.25) is 0 Å². The number of amides is 1. The Morgan fingerprint density at radius 3 is 2.55 bits per heavy atom. The van der Waals surface area contributed by atoms with Gasteiger partial charge in [-0.3, -0.25) is 9.59 Å². The van der Waals surface area contributed by atoms with Gasteiger partial charge in [-0.15, -0.1) is 0 Å². The molecule has 0 unspecified atom stereocenters. The molecule has 1 heterocycles. The van der Waals surface area contributed by atoms with E-state index in [1.165, 1.54) is 4.90 Å². The molecule has 3 rings (SSSR count). The average molecular weight is 455 g/mol. The van der Waals surface area contributed by atoms with Crippen molar-refractivity contribution in [1.82, 2.24) is 14.9 Å². The van der Waals surface area contributed by atoms with Gasteiger partial charge in [0, 0.05) is 16.6 Å². The molecule has 0 saturated heterocycles. The zero-order valence-corrected chi connectivity index (χ0v) is 18.0. The summed E-state index contributed by atoms with van der Waals surface area (Å²) in [5.74, 6) is 0.448. The summed E-state index contributed by atoms with van der Waals surface area (Å²) in [7, 11) is 0. The molecule has 1 amide bonds. The number of carbonyl (C=O) groups is 1. The molecule has 1 N–H and O–H groups in total. The Morgan fingerprint density at radius 1 is 1.17 bits per heavy atom. The second kappa shape index (κ2) is 9.03. The lowest BCUT2D eigenvalue weighted by molar-refractivity contribution is -0.138. The molecule has 0 saturated carbocycles. The lowest BCUT2D eigenvalue weighted by atomic mass is 10.2. The summed E-state index contributed by atoms with van der Waals surface area (Å²) < 4.78 is 5.70. The number of fused-ring (bicyclic) bond motifs is 1. The van der Waals surface area contributed by atoms with Crippen molar-refractivity contribution in [2.24, 2.45) is 0 Å². The number of halogens is 3. The molecule has 6 nitrogen and oxygen atoms in total. The molecule has 0 aliphatic rings. The second-order valence-electron chi connectivity index (χ2n) is 6.36. The molecule has 0 bridgehead atoms. The third-order valence-corrected chi connectivity index (χ3v) is 5.06. The van der Waals surface area contributed by atoms with Crippen molar-refractivity contribution in [1.29, 1.82) is 0 Å². The Balaban J connectivity index is 1.79. The molecule has 0 aliphatic heterocycles. The Morgan fingerprint density at radius 2 is 1.86 bits per heavy atom. The molecule has 2 aromatic carbocycles. The minimum absolute atomic E-state index is 0.120. The number of nitrogens with zero attached hydrogens (tertiary/aromatic N) is 2. The molecule has 0 aliphatic carbocycles. The number of benzene rings is 2. The Kier molecular flexibility index (Phi) is 6.67. The first-order valence-electron chi connectivity index (χ1n) is 8.87. The normalized spacial score (nSPS) is 12.0. The van der Waals surface area contributed by atoms with E-state index in [-0.39, 0.29) is 18.0 Å². The monoisotopic (exact) mass is 453 g/mol. The van der Waals surface area contributed by atoms with Crippen molar-refractivity contribution < 1.29 is 9.53 Å². The van der Waals surface area contributed by atoms with Gasteiger partial charge in [0.05, 0.1) is 22.5 Å². The first-order chi connectivity index (χ1) is 13.8. The van der Waals surface area contributed by atoms with Gasteiger partial charge < -0.3 is 14.6 Å². The first kappa shape index (κ1) is 21.4. The second-order valence-corrected chi connectivity index (χ2v) is 7.64. The summed E-state index contributed by atoms with van der Waals surface area (Å²) in [4.78, 5) is 33.8. The van der Waals surface area contributed by atoms with E-state index in [0.717, 1.165) is 0 Å². The van der Waals surface area contributed by atoms with Gasteiger partial charge in [-0.1, -0.05) is 34.8 Å². The van der Waals surface area contributed by atoms with Crippen molar-refractivity contribution in [2.75, 3.05) is 6.54 Å². The van der Waals surface area contributed by atoms with Crippen LogP contribution in [0.2, 0.25) is 15.1 Å². The van der Waals surface area contributed by atoms with Gasteiger partial charge in [0.15, 0.2) is 6.10 Å². The van der Waals surface area contributed by atoms with E-state index < -0.39 is 6.10 Å². The molecule has 29 heavy (non-hydrogen) atoms. The summed E-state index contributed by atoms with van der Waals surface area (Å²) >= 11 is 18.0. The van der Waals surface area contributed by atoms with E-state index in [9.17, 15) is 9.59 Å². The largest absolute Gasteiger partial charge is 0.479 e. The minimum atomic E-state index is -0.796.